The van der Waals surface area contributed by atoms with Crippen LogP contribution in [0.1, 0.15) is 83.4 Å². The molecule has 2 aromatic rings. The summed E-state index contributed by atoms with van der Waals surface area (Å²) in [5.41, 5.74) is 15.2. The number of carbonyl (C=O) groups excluding carboxylic acids is 1. The van der Waals surface area contributed by atoms with Gasteiger partial charge in [-0.3, -0.25) is 15.5 Å². The molecule has 11 heteroatoms. The number of benzene rings is 1. The number of phenols is 1. The highest BCUT2D eigenvalue weighted by atomic mass is 16.6. The number of hydrogen-bond acceptors (Lipinski definition) is 9. The molecular weight excluding hydrogens is 570 g/mol. The van der Waals surface area contributed by atoms with E-state index in [2.05, 4.69) is 33.6 Å². The molecule has 11 nitrogen and oxygen atoms in total. The van der Waals surface area contributed by atoms with Crippen molar-refractivity contribution in [1.29, 1.82) is 0 Å². The molecule has 5 N–H and O–H groups in total. The number of phenolic OH excluding ortho intramolecular Hbond substituents is 1. The Morgan fingerprint density at radius 1 is 1.04 bits per heavy atom. The van der Waals surface area contributed by atoms with Crippen LogP contribution in [0, 0.1) is 5.92 Å². The Hall–Kier alpha value is -3.70. The Morgan fingerprint density at radius 2 is 1.76 bits per heavy atom. The van der Waals surface area contributed by atoms with Gasteiger partial charge < -0.3 is 30.1 Å². The molecule has 0 unspecified atom stereocenters. The molecule has 1 saturated carbocycles. The SMILES string of the molecule is C[C@H](C1CCN([C@H]2C[C@@H](OC3CCN(C(=O)OC(C)(C)C)CC3)C2)CC1)n1cc(C2=C(N)NNC(c3ccccc3O)=C2)cn1. The van der Waals surface area contributed by atoms with Crippen LogP contribution in [0.2, 0.25) is 0 Å². The number of nitrogens with one attached hydrogen (secondary N) is 2. The molecule has 0 spiro atoms. The first-order chi connectivity index (χ1) is 21.5. The van der Waals surface area contributed by atoms with Gasteiger partial charge in [-0.25, -0.2) is 4.79 Å². The molecule has 244 valence electrons. The maximum atomic E-state index is 12.4. The Bertz CT molecular complexity index is 1410. The maximum absolute atomic E-state index is 12.4. The number of piperidine rings is 2. The molecule has 4 heterocycles. The third kappa shape index (κ3) is 7.25. The number of aromatic hydroxyl groups is 1. The lowest BCUT2D eigenvalue weighted by Gasteiger charge is -2.47. The van der Waals surface area contributed by atoms with Crippen molar-refractivity contribution < 1.29 is 19.4 Å². The number of aromatic nitrogens is 2. The van der Waals surface area contributed by atoms with Crippen LogP contribution >= 0.6 is 0 Å². The number of allylic oxidation sites excluding steroid dienone is 2. The first kappa shape index (κ1) is 31.3. The standard InChI is InChI=1S/C34H49N7O4/c1-22(41-21-24(20-36-41)29-19-30(37-38-32(29)35)28-7-5-6-8-31(28)42)23-9-13-39(14-10-23)25-17-27(18-25)44-26-11-15-40(16-12-26)33(43)45-34(2,3)4/h5-8,19-23,25-27,37-38,42H,9-18,35H2,1-4H3/t22-,25-,27+/m1/s1. The van der Waals surface area contributed by atoms with Gasteiger partial charge in [0.1, 0.15) is 17.2 Å². The normalized spacial score (nSPS) is 24.4. The molecule has 1 atom stereocenters. The first-order valence-electron chi connectivity index (χ1n) is 16.5. The van der Waals surface area contributed by atoms with Crippen molar-refractivity contribution in [3.05, 3.63) is 59.7 Å². The van der Waals surface area contributed by atoms with Crippen LogP contribution in [0.15, 0.2) is 48.6 Å². The molecule has 1 aromatic carbocycles. The van der Waals surface area contributed by atoms with Crippen molar-refractivity contribution in [1.82, 2.24) is 30.4 Å². The van der Waals surface area contributed by atoms with Crippen LogP contribution in [-0.2, 0) is 9.47 Å². The summed E-state index contributed by atoms with van der Waals surface area (Å²) >= 11 is 0. The fourth-order valence-electron chi connectivity index (χ4n) is 6.95. The van der Waals surface area contributed by atoms with Gasteiger partial charge in [-0.1, -0.05) is 12.1 Å². The monoisotopic (exact) mass is 619 g/mol. The van der Waals surface area contributed by atoms with Crippen LogP contribution < -0.4 is 16.6 Å². The minimum atomic E-state index is -0.462. The van der Waals surface area contributed by atoms with Crippen LogP contribution in [0.3, 0.4) is 0 Å². The van der Waals surface area contributed by atoms with Crippen molar-refractivity contribution in [2.45, 2.75) is 96.1 Å². The minimum absolute atomic E-state index is 0.205. The number of likely N-dealkylation sites (tertiary alicyclic amines) is 2. The van der Waals surface area contributed by atoms with Gasteiger partial charge in [0.15, 0.2) is 0 Å². The van der Waals surface area contributed by atoms with Gasteiger partial charge in [-0.15, -0.1) is 0 Å². The smallest absolute Gasteiger partial charge is 0.410 e. The van der Waals surface area contributed by atoms with Gasteiger partial charge in [0.05, 0.1) is 30.1 Å². The van der Waals surface area contributed by atoms with Crippen LogP contribution in [0.4, 0.5) is 4.79 Å². The van der Waals surface area contributed by atoms with Crippen molar-refractivity contribution in [2.75, 3.05) is 26.2 Å². The average molecular weight is 620 g/mol. The Labute approximate surface area is 266 Å². The van der Waals surface area contributed by atoms with Gasteiger partial charge >= 0.3 is 6.09 Å². The lowest BCUT2D eigenvalue weighted by molar-refractivity contribution is -0.107. The minimum Gasteiger partial charge on any atom is -0.507 e. The van der Waals surface area contributed by atoms with Crippen molar-refractivity contribution in [3.63, 3.8) is 0 Å². The second kappa shape index (κ2) is 13.0. The number of ether oxygens (including phenoxy) is 2. The zero-order valence-electron chi connectivity index (χ0n) is 27.0. The number of para-hydroxylation sites is 1. The number of nitrogens with two attached hydrogens (primary N) is 1. The molecule has 3 fully saturated rings. The second-order valence-electron chi connectivity index (χ2n) is 14.0. The molecular formula is C34H49N7O4. The maximum Gasteiger partial charge on any atom is 0.410 e. The van der Waals surface area contributed by atoms with E-state index in [1.165, 1.54) is 0 Å². The average Bonchev–Trinajstić information content (AvgIpc) is 3.49. The van der Waals surface area contributed by atoms with Gasteiger partial charge in [-0.2, -0.15) is 5.10 Å². The summed E-state index contributed by atoms with van der Waals surface area (Å²) in [6.45, 7) is 11.6. The van der Waals surface area contributed by atoms with E-state index in [-0.39, 0.29) is 24.0 Å². The molecule has 45 heavy (non-hydrogen) atoms. The predicted octanol–water partition coefficient (Wildman–Crippen LogP) is 4.59. The van der Waals surface area contributed by atoms with Crippen LogP contribution in [0.5, 0.6) is 5.75 Å². The van der Waals surface area contributed by atoms with Crippen molar-refractivity contribution in [3.8, 4) is 5.75 Å². The largest absolute Gasteiger partial charge is 0.507 e. The van der Waals surface area contributed by atoms with E-state index in [4.69, 9.17) is 20.3 Å². The van der Waals surface area contributed by atoms with E-state index >= 15 is 0 Å². The third-order valence-electron chi connectivity index (χ3n) is 9.76. The summed E-state index contributed by atoms with van der Waals surface area (Å²) in [4.78, 5) is 16.8. The van der Waals surface area contributed by atoms with Gasteiger partial charge in [0.2, 0.25) is 0 Å². The Morgan fingerprint density at radius 3 is 2.44 bits per heavy atom. The van der Waals surface area contributed by atoms with E-state index in [0.29, 0.717) is 42.5 Å². The van der Waals surface area contributed by atoms with Gasteiger partial charge in [-0.05, 0) is 103 Å². The van der Waals surface area contributed by atoms with E-state index < -0.39 is 5.60 Å². The molecule has 1 amide bonds. The number of rotatable bonds is 7. The highest BCUT2D eigenvalue weighted by Crippen LogP contribution is 2.36. The third-order valence-corrected chi connectivity index (χ3v) is 9.76. The molecule has 1 aliphatic carbocycles. The highest BCUT2D eigenvalue weighted by Gasteiger charge is 2.39. The van der Waals surface area contributed by atoms with Crippen LogP contribution in [-0.4, -0.2) is 80.8 Å². The predicted molar refractivity (Wildman–Crippen MR) is 173 cm³/mol. The topological polar surface area (TPSA) is 130 Å². The van der Waals surface area contributed by atoms with Crippen molar-refractivity contribution in [2.24, 2.45) is 11.7 Å². The summed E-state index contributed by atoms with van der Waals surface area (Å²) in [5, 5.41) is 15.0. The molecule has 3 aliphatic heterocycles. The lowest BCUT2D eigenvalue weighted by Crippen LogP contribution is -2.52. The van der Waals surface area contributed by atoms with Crippen molar-refractivity contribution >= 4 is 17.4 Å². The number of hydrogen-bond donors (Lipinski definition) is 4. The zero-order valence-corrected chi connectivity index (χ0v) is 27.0. The summed E-state index contributed by atoms with van der Waals surface area (Å²) in [7, 11) is 0. The number of amides is 1. The van der Waals surface area contributed by atoms with E-state index in [0.717, 1.165) is 68.4 Å². The summed E-state index contributed by atoms with van der Waals surface area (Å²) in [6.07, 6.45) is 12.5. The number of carbonyl (C=O) groups is 1. The number of nitrogens with zero attached hydrogens (tertiary/aromatic N) is 4. The molecule has 4 aliphatic rings. The lowest BCUT2D eigenvalue weighted by atomic mass is 9.83. The number of hydrazine groups is 1. The van der Waals surface area contributed by atoms with E-state index in [9.17, 15) is 9.90 Å². The Balaban J connectivity index is 0.947. The molecule has 6 rings (SSSR count). The molecule has 0 radical (unpaired) electrons. The molecule has 2 saturated heterocycles. The summed E-state index contributed by atoms with van der Waals surface area (Å²) in [5.74, 6) is 1.28. The van der Waals surface area contributed by atoms with Crippen LogP contribution in [0.25, 0.3) is 11.3 Å². The quantitative estimate of drug-likeness (QED) is 0.352. The highest BCUT2D eigenvalue weighted by molar-refractivity contribution is 5.86. The van der Waals surface area contributed by atoms with Gasteiger partial charge in [0, 0.05) is 42.0 Å². The van der Waals surface area contributed by atoms with E-state index in [1.807, 2.05) is 50.1 Å². The summed E-state index contributed by atoms with van der Waals surface area (Å²) < 4.78 is 14.0. The Kier molecular flexibility index (Phi) is 9.01. The first-order valence-corrected chi connectivity index (χ1v) is 16.5. The zero-order chi connectivity index (χ0) is 31.7. The summed E-state index contributed by atoms with van der Waals surface area (Å²) in [6, 6.07) is 8.11. The fraction of sp³-hybridized carbons (Fsp3) is 0.588. The van der Waals surface area contributed by atoms with Gasteiger partial charge in [0.25, 0.3) is 0 Å². The second-order valence-corrected chi connectivity index (χ2v) is 14.0. The van der Waals surface area contributed by atoms with E-state index in [1.54, 1.807) is 12.1 Å². The fourth-order valence-corrected chi connectivity index (χ4v) is 6.95. The molecule has 1 aromatic heterocycles. The molecule has 0 bridgehead atoms.